The molecule has 0 N–H and O–H groups in total. The average Bonchev–Trinajstić information content (AvgIpc) is 2.42. The van der Waals surface area contributed by atoms with E-state index in [9.17, 15) is 48.7 Å². The minimum Gasteiger partial charge on any atom is -0.459 e. The number of halogens is 10. The Morgan fingerprint density at radius 2 is 1.16 bits per heavy atom. The van der Waals surface area contributed by atoms with Gasteiger partial charge in [0.1, 0.15) is 0 Å². The molecule has 0 unspecified atom stereocenters. The van der Waals surface area contributed by atoms with E-state index in [1.54, 1.807) is 0 Å². The van der Waals surface area contributed by atoms with E-state index in [1.165, 1.54) is 6.92 Å². The van der Waals surface area contributed by atoms with Crippen LogP contribution in [0.15, 0.2) is 0 Å². The largest absolute Gasteiger partial charge is 0.459 e. The topological polar surface area (TPSA) is 26.3 Å². The molecule has 0 spiro atoms. The fraction of sp³-hybridized carbons (Fsp3) is 0.923. The molecule has 0 aromatic carbocycles. The van der Waals surface area contributed by atoms with E-state index in [1.807, 2.05) is 0 Å². The van der Waals surface area contributed by atoms with Gasteiger partial charge in [-0.2, -0.15) is 43.9 Å². The van der Waals surface area contributed by atoms with Crippen molar-refractivity contribution in [3.63, 3.8) is 0 Å². The van der Waals surface area contributed by atoms with Crippen molar-refractivity contribution in [2.45, 2.75) is 63.7 Å². The van der Waals surface area contributed by atoms with Gasteiger partial charge in [0.05, 0.1) is 5.41 Å². The van der Waals surface area contributed by atoms with Gasteiger partial charge in [0.2, 0.25) is 0 Å². The molecule has 0 saturated heterocycles. The third-order valence-corrected chi connectivity index (χ3v) is 3.62. The average molecular weight is 394 g/mol. The summed E-state index contributed by atoms with van der Waals surface area (Å²) < 4.78 is 135. The van der Waals surface area contributed by atoms with Crippen molar-refractivity contribution in [3.05, 3.63) is 0 Å². The van der Waals surface area contributed by atoms with Crippen LogP contribution in [0.4, 0.5) is 43.9 Å². The number of hydrogen-bond donors (Lipinski definition) is 0. The van der Waals surface area contributed by atoms with Crippen LogP contribution in [0, 0.1) is 5.41 Å². The second kappa shape index (κ2) is 6.49. The van der Waals surface area contributed by atoms with E-state index < -0.39 is 54.5 Å². The SMILES string of the molecule is CCC(C)(C)C(=O)OCC(F)(F)C(F)(F)C(F)(F)C(F)(F)C(C)(F)F. The number of alkyl halides is 10. The van der Waals surface area contributed by atoms with Gasteiger partial charge in [0.15, 0.2) is 6.61 Å². The van der Waals surface area contributed by atoms with Gasteiger partial charge >= 0.3 is 35.6 Å². The highest BCUT2D eigenvalue weighted by Gasteiger charge is 2.85. The molecule has 0 aliphatic rings. The fourth-order valence-corrected chi connectivity index (χ4v) is 1.29. The molecule has 0 rings (SSSR count). The molecule has 2 nitrogen and oxygen atoms in total. The molecule has 0 fully saturated rings. The molecule has 25 heavy (non-hydrogen) atoms. The maximum atomic E-state index is 13.4. The highest BCUT2D eigenvalue weighted by atomic mass is 19.4. The van der Waals surface area contributed by atoms with Crippen LogP contribution in [0.2, 0.25) is 0 Å². The van der Waals surface area contributed by atoms with Gasteiger partial charge < -0.3 is 4.74 Å². The van der Waals surface area contributed by atoms with Crippen LogP contribution in [0.3, 0.4) is 0 Å². The molecule has 12 heteroatoms. The van der Waals surface area contributed by atoms with Crippen LogP contribution in [0.25, 0.3) is 0 Å². The van der Waals surface area contributed by atoms with Crippen molar-refractivity contribution in [3.8, 4) is 0 Å². The zero-order chi connectivity index (χ0) is 20.7. The highest BCUT2D eigenvalue weighted by Crippen LogP contribution is 2.56. The maximum absolute atomic E-state index is 13.4. The van der Waals surface area contributed by atoms with Crippen molar-refractivity contribution in [1.29, 1.82) is 0 Å². The number of ether oxygens (including phenoxy) is 1. The van der Waals surface area contributed by atoms with Crippen LogP contribution in [-0.2, 0) is 9.53 Å². The Kier molecular flexibility index (Phi) is 6.17. The van der Waals surface area contributed by atoms with E-state index >= 15 is 0 Å². The summed E-state index contributed by atoms with van der Waals surface area (Å²) in [5, 5.41) is 0. The summed E-state index contributed by atoms with van der Waals surface area (Å²) in [5.74, 6) is -34.1. The third kappa shape index (κ3) is 3.97. The molecule has 0 amide bonds. The standard InChI is InChI=1S/C13H16F10O2/c1-5-8(2,3)7(24)25-6-10(16,17)12(20,21)13(22,23)11(18,19)9(4,14)15/h5-6H2,1-4H3. The Morgan fingerprint density at radius 3 is 1.48 bits per heavy atom. The van der Waals surface area contributed by atoms with E-state index in [0.717, 1.165) is 13.8 Å². The summed E-state index contributed by atoms with van der Waals surface area (Å²) in [6.07, 6.45) is -0.00984. The normalized spacial score (nSPS) is 15.3. The third-order valence-electron chi connectivity index (χ3n) is 3.62. The van der Waals surface area contributed by atoms with Gasteiger partial charge in [0.25, 0.3) is 0 Å². The van der Waals surface area contributed by atoms with Crippen LogP contribution in [0.5, 0.6) is 0 Å². The zero-order valence-corrected chi connectivity index (χ0v) is 13.5. The Balaban J connectivity index is 5.64. The summed E-state index contributed by atoms with van der Waals surface area (Å²) in [6, 6.07) is 0. The van der Waals surface area contributed by atoms with Crippen molar-refractivity contribution >= 4 is 5.97 Å². The van der Waals surface area contributed by atoms with Crippen molar-refractivity contribution in [2.75, 3.05) is 6.61 Å². The van der Waals surface area contributed by atoms with Gasteiger partial charge in [0, 0.05) is 6.92 Å². The molecule has 0 aromatic heterocycles. The van der Waals surface area contributed by atoms with Gasteiger partial charge in [-0.25, -0.2) is 0 Å². The Bertz CT molecular complexity index is 494. The molecule has 0 aliphatic heterocycles. The quantitative estimate of drug-likeness (QED) is 0.420. The molecule has 0 saturated carbocycles. The van der Waals surface area contributed by atoms with Crippen LogP contribution in [0.1, 0.15) is 34.1 Å². The summed E-state index contributed by atoms with van der Waals surface area (Å²) in [5.41, 5.74) is -1.45. The lowest BCUT2D eigenvalue weighted by Crippen LogP contribution is -2.67. The van der Waals surface area contributed by atoms with Crippen LogP contribution < -0.4 is 0 Å². The summed E-state index contributed by atoms with van der Waals surface area (Å²) in [7, 11) is 0. The van der Waals surface area contributed by atoms with Crippen LogP contribution >= 0.6 is 0 Å². The summed E-state index contributed by atoms with van der Waals surface area (Å²) >= 11 is 0. The van der Waals surface area contributed by atoms with E-state index in [0.29, 0.717) is 0 Å². The molecule has 0 aliphatic carbocycles. The van der Waals surface area contributed by atoms with E-state index in [-0.39, 0.29) is 6.42 Å². The van der Waals surface area contributed by atoms with Gasteiger partial charge in [-0.15, -0.1) is 0 Å². The first-order valence-corrected chi connectivity index (χ1v) is 6.75. The molecule has 0 atom stereocenters. The minimum atomic E-state index is -7.13. The van der Waals surface area contributed by atoms with Crippen LogP contribution in [-0.4, -0.2) is 42.2 Å². The predicted octanol–water partition coefficient (Wildman–Crippen LogP) is 5.16. The molecular formula is C13H16F10O2. The summed E-state index contributed by atoms with van der Waals surface area (Å²) in [4.78, 5) is 11.4. The first kappa shape index (κ1) is 23.8. The second-order valence-electron chi connectivity index (χ2n) is 6.13. The predicted molar refractivity (Wildman–Crippen MR) is 65.4 cm³/mol. The minimum absolute atomic E-state index is 0.00984. The molecule has 0 radical (unpaired) electrons. The summed E-state index contributed by atoms with van der Waals surface area (Å²) in [6.45, 7) is 0.201. The molecule has 150 valence electrons. The monoisotopic (exact) mass is 394 g/mol. The van der Waals surface area contributed by atoms with Crippen molar-refractivity contribution < 1.29 is 53.4 Å². The van der Waals surface area contributed by atoms with Gasteiger partial charge in [-0.05, 0) is 20.3 Å². The maximum Gasteiger partial charge on any atom is 0.384 e. The highest BCUT2D eigenvalue weighted by molar-refractivity contribution is 5.75. The number of esters is 1. The molecule has 0 heterocycles. The number of hydrogen-bond acceptors (Lipinski definition) is 2. The number of rotatable bonds is 8. The van der Waals surface area contributed by atoms with Gasteiger partial charge in [-0.3, -0.25) is 4.79 Å². The molecule has 0 bridgehead atoms. The lowest BCUT2D eigenvalue weighted by atomic mass is 9.90. The van der Waals surface area contributed by atoms with E-state index in [2.05, 4.69) is 4.74 Å². The first-order chi connectivity index (χ1) is 10.7. The Labute approximate surface area is 136 Å². The fourth-order valence-electron chi connectivity index (χ4n) is 1.29. The van der Waals surface area contributed by atoms with E-state index in [4.69, 9.17) is 0 Å². The van der Waals surface area contributed by atoms with Crippen molar-refractivity contribution in [1.82, 2.24) is 0 Å². The lowest BCUT2D eigenvalue weighted by Gasteiger charge is -2.38. The first-order valence-electron chi connectivity index (χ1n) is 6.75. The second-order valence-corrected chi connectivity index (χ2v) is 6.13. The number of carbonyl (C=O) groups excluding carboxylic acids is 1. The lowest BCUT2D eigenvalue weighted by molar-refractivity contribution is -0.401. The smallest absolute Gasteiger partial charge is 0.384 e. The Morgan fingerprint density at radius 1 is 0.760 bits per heavy atom. The van der Waals surface area contributed by atoms with Gasteiger partial charge in [-0.1, -0.05) is 6.92 Å². The molecular weight excluding hydrogens is 378 g/mol. The zero-order valence-electron chi connectivity index (χ0n) is 13.5. The number of carbonyl (C=O) groups is 1. The van der Waals surface area contributed by atoms with Crippen molar-refractivity contribution in [2.24, 2.45) is 5.41 Å². The Hall–Kier alpha value is -1.23. The molecule has 0 aromatic rings.